The molecule has 0 bridgehead atoms. The van der Waals surface area contributed by atoms with Crippen LogP contribution >= 0.6 is 0 Å². The maximum absolute atomic E-state index is 13.0. The Hall–Kier alpha value is -4.21. The number of aromatic nitrogens is 1. The number of ether oxygens (including phenoxy) is 4. The molecule has 198 valence electrons. The molecule has 2 rings (SSSR count). The molecule has 2 atom stereocenters. The summed E-state index contributed by atoms with van der Waals surface area (Å²) in [6.45, 7) is 5.15. The maximum atomic E-state index is 13.0. The van der Waals surface area contributed by atoms with Gasteiger partial charge in [0.15, 0.2) is 11.2 Å². The number of fused-ring (bicyclic) bond motifs is 1. The molecule has 10 nitrogen and oxygen atoms in total. The van der Waals surface area contributed by atoms with Crippen molar-refractivity contribution in [1.29, 1.82) is 0 Å². The fourth-order valence-corrected chi connectivity index (χ4v) is 3.43. The fourth-order valence-electron chi connectivity index (χ4n) is 3.43. The molecule has 0 aliphatic heterocycles. The van der Waals surface area contributed by atoms with Crippen LogP contribution in [0.2, 0.25) is 0 Å². The molecule has 0 aliphatic rings. The molecule has 0 spiro atoms. The summed E-state index contributed by atoms with van der Waals surface area (Å²) < 4.78 is 21.6. The number of hydrogen-bond donors (Lipinski definition) is 0. The first-order valence-corrected chi connectivity index (χ1v) is 11.6. The average Bonchev–Trinajstić information content (AvgIpc) is 3.05. The van der Waals surface area contributed by atoms with E-state index in [1.807, 2.05) is 0 Å². The summed E-state index contributed by atoms with van der Waals surface area (Å²) in [6, 6.07) is 5.14. The first-order valence-electron chi connectivity index (χ1n) is 11.6. The molecule has 1 heterocycles. The van der Waals surface area contributed by atoms with Crippen molar-refractivity contribution in [2.75, 3.05) is 27.4 Å². The van der Waals surface area contributed by atoms with Crippen molar-refractivity contribution in [2.45, 2.75) is 27.3 Å². The number of rotatable bonds is 11. The lowest BCUT2D eigenvalue weighted by Crippen LogP contribution is -2.19. The first kappa shape index (κ1) is 29.0. The van der Waals surface area contributed by atoms with Gasteiger partial charge >= 0.3 is 17.9 Å². The van der Waals surface area contributed by atoms with E-state index in [0.29, 0.717) is 5.52 Å². The third kappa shape index (κ3) is 7.63. The van der Waals surface area contributed by atoms with Crippen LogP contribution in [0.25, 0.3) is 10.9 Å². The summed E-state index contributed by atoms with van der Waals surface area (Å²) in [5.41, 5.74) is -0.691. The number of allylic oxidation sites excluding steroid dienone is 1. The molecule has 0 saturated carbocycles. The lowest BCUT2D eigenvalue weighted by molar-refractivity contribution is -0.144. The van der Waals surface area contributed by atoms with Crippen molar-refractivity contribution >= 4 is 28.8 Å². The van der Waals surface area contributed by atoms with Crippen molar-refractivity contribution in [3.05, 3.63) is 74.7 Å². The molecular formula is C27H31NO9. The summed E-state index contributed by atoms with van der Waals surface area (Å²) in [4.78, 5) is 61.5. The van der Waals surface area contributed by atoms with E-state index in [9.17, 15) is 24.0 Å². The summed E-state index contributed by atoms with van der Waals surface area (Å²) in [5.74, 6) is -2.63. The topological polar surface area (TPSA) is 127 Å². The molecule has 0 amide bonds. The molecule has 37 heavy (non-hydrogen) atoms. The number of carbonyl (C=O) groups excluding carboxylic acids is 3. The van der Waals surface area contributed by atoms with E-state index in [0.717, 1.165) is 6.07 Å². The zero-order chi connectivity index (χ0) is 27.5. The number of esters is 3. The highest BCUT2D eigenvalue weighted by atomic mass is 16.5. The zero-order valence-corrected chi connectivity index (χ0v) is 21.5. The molecule has 2 aromatic rings. The van der Waals surface area contributed by atoms with Crippen molar-refractivity contribution in [1.82, 2.24) is 4.57 Å². The quantitative estimate of drug-likeness (QED) is 0.253. The van der Waals surface area contributed by atoms with Gasteiger partial charge in [-0.2, -0.15) is 0 Å². The van der Waals surface area contributed by atoms with Crippen molar-refractivity contribution < 1.29 is 33.3 Å². The van der Waals surface area contributed by atoms with Crippen LogP contribution in [0.15, 0.2) is 58.2 Å². The van der Waals surface area contributed by atoms with Gasteiger partial charge in [-0.1, -0.05) is 24.3 Å². The van der Waals surface area contributed by atoms with Gasteiger partial charge in [0.1, 0.15) is 12.3 Å². The Balaban J connectivity index is 2.54. The highest BCUT2D eigenvalue weighted by Gasteiger charge is 2.17. The second-order valence-electron chi connectivity index (χ2n) is 8.02. The number of nitrogens with zero attached hydrogens (tertiary/aromatic N) is 1. The van der Waals surface area contributed by atoms with Gasteiger partial charge in [0.25, 0.3) is 0 Å². The molecule has 0 aliphatic carbocycles. The van der Waals surface area contributed by atoms with E-state index >= 15 is 0 Å². The first-order chi connectivity index (χ1) is 17.6. The monoisotopic (exact) mass is 513 g/mol. The van der Waals surface area contributed by atoms with Crippen molar-refractivity contribution in [3.63, 3.8) is 0 Å². The highest BCUT2D eigenvalue weighted by Crippen LogP contribution is 2.17. The number of carbonyl (C=O) groups is 3. The second-order valence-corrected chi connectivity index (χ2v) is 8.02. The van der Waals surface area contributed by atoms with E-state index in [1.54, 1.807) is 45.1 Å². The number of hydrogen-bond acceptors (Lipinski definition) is 9. The minimum Gasteiger partial charge on any atom is -0.485 e. The maximum Gasteiger partial charge on any atom is 0.355 e. The molecule has 10 heteroatoms. The number of methoxy groups -OCH3 is 2. The Morgan fingerprint density at radius 1 is 0.919 bits per heavy atom. The molecule has 0 N–H and O–H groups in total. The third-order valence-corrected chi connectivity index (χ3v) is 5.40. The van der Waals surface area contributed by atoms with E-state index in [1.165, 1.54) is 37.0 Å². The van der Waals surface area contributed by atoms with Gasteiger partial charge in [-0.05, 0) is 39.0 Å². The Morgan fingerprint density at radius 2 is 1.54 bits per heavy atom. The van der Waals surface area contributed by atoms with Crippen molar-refractivity contribution in [2.24, 2.45) is 11.8 Å². The predicted molar refractivity (Wildman–Crippen MR) is 137 cm³/mol. The molecule has 1 aromatic heterocycles. The molecular weight excluding hydrogens is 482 g/mol. The molecule has 1 aromatic carbocycles. The standard InChI is InChI=1S/C27H31NO9/c1-6-36-27(33)21-16-23(30)19-15-24(37-14-8-10-18(3)26(32)35-5)22(29)12-11-20(19)28(21)13-7-9-17(2)25(31)34-4/h7-12,15-18H,6,13-14H2,1-5H3/b9-7+,10-8+. The fraction of sp³-hybridized carbons (Fsp3) is 0.370. The second kappa shape index (κ2) is 13.8. The van der Waals surface area contributed by atoms with Gasteiger partial charge in [-0.3, -0.25) is 19.2 Å². The van der Waals surface area contributed by atoms with Crippen LogP contribution in [0.1, 0.15) is 31.3 Å². The van der Waals surface area contributed by atoms with Crippen LogP contribution in [0.4, 0.5) is 0 Å². The normalized spacial score (nSPS) is 12.9. The van der Waals surface area contributed by atoms with Crippen LogP contribution < -0.4 is 15.6 Å². The Bertz CT molecular complexity index is 1320. The Kier molecular flexibility index (Phi) is 10.8. The van der Waals surface area contributed by atoms with Gasteiger partial charge in [0.2, 0.25) is 5.43 Å². The minimum absolute atomic E-state index is 0.00410. The van der Waals surface area contributed by atoms with Gasteiger partial charge in [0, 0.05) is 18.0 Å². The van der Waals surface area contributed by atoms with Crippen LogP contribution in [-0.2, 0) is 30.3 Å². The lowest BCUT2D eigenvalue weighted by atomic mass is 10.1. The summed E-state index contributed by atoms with van der Waals surface area (Å²) >= 11 is 0. The van der Waals surface area contributed by atoms with Crippen LogP contribution in [0.3, 0.4) is 0 Å². The highest BCUT2D eigenvalue weighted by molar-refractivity contribution is 5.92. The van der Waals surface area contributed by atoms with E-state index in [4.69, 9.17) is 14.2 Å². The Labute approximate surface area is 214 Å². The van der Waals surface area contributed by atoms with Gasteiger partial charge < -0.3 is 23.5 Å². The van der Waals surface area contributed by atoms with Crippen LogP contribution in [0.5, 0.6) is 5.75 Å². The van der Waals surface area contributed by atoms with Gasteiger partial charge in [0.05, 0.1) is 38.2 Å². The minimum atomic E-state index is -0.703. The van der Waals surface area contributed by atoms with Gasteiger partial charge in [-0.25, -0.2) is 4.79 Å². The van der Waals surface area contributed by atoms with E-state index < -0.39 is 40.6 Å². The molecule has 0 fully saturated rings. The van der Waals surface area contributed by atoms with Crippen LogP contribution in [0, 0.1) is 11.8 Å². The average molecular weight is 514 g/mol. The lowest BCUT2D eigenvalue weighted by Gasteiger charge is -2.14. The van der Waals surface area contributed by atoms with E-state index in [2.05, 4.69) is 4.74 Å². The zero-order valence-electron chi connectivity index (χ0n) is 21.5. The summed E-state index contributed by atoms with van der Waals surface area (Å²) in [5, 5.41) is 0.145. The van der Waals surface area contributed by atoms with Crippen LogP contribution in [-0.4, -0.2) is 49.9 Å². The molecule has 2 unspecified atom stereocenters. The predicted octanol–water partition coefficient (Wildman–Crippen LogP) is 2.65. The smallest absolute Gasteiger partial charge is 0.355 e. The third-order valence-electron chi connectivity index (χ3n) is 5.40. The van der Waals surface area contributed by atoms with Crippen molar-refractivity contribution in [3.8, 4) is 5.75 Å². The summed E-state index contributed by atoms with van der Waals surface area (Å²) in [7, 11) is 2.58. The summed E-state index contributed by atoms with van der Waals surface area (Å²) in [6.07, 6.45) is 6.42. The van der Waals surface area contributed by atoms with Gasteiger partial charge in [-0.15, -0.1) is 0 Å². The molecule has 0 saturated heterocycles. The molecule has 0 radical (unpaired) electrons. The van der Waals surface area contributed by atoms with E-state index in [-0.39, 0.29) is 36.6 Å². The largest absolute Gasteiger partial charge is 0.485 e. The number of pyridine rings is 1. The SMILES string of the molecule is CCOC(=O)c1cc(=O)c2cc(OC/C=C/C(C)C(=O)OC)c(=O)ccc2n1C/C=C/C(C)C(=O)OC. The Morgan fingerprint density at radius 3 is 2.14 bits per heavy atom.